The Hall–Kier alpha value is -1.73. The first-order valence-corrected chi connectivity index (χ1v) is 11.8. The van der Waals surface area contributed by atoms with Crippen LogP contribution in [-0.4, -0.2) is 22.4 Å². The number of carbonyl (C=O) groups is 1. The maximum atomic E-state index is 12.1. The van der Waals surface area contributed by atoms with Gasteiger partial charge in [-0.05, 0) is 49.7 Å². The fourth-order valence-corrected chi connectivity index (χ4v) is 4.95. The van der Waals surface area contributed by atoms with Gasteiger partial charge >= 0.3 is 0 Å². The third-order valence-corrected chi connectivity index (χ3v) is 6.76. The van der Waals surface area contributed by atoms with Gasteiger partial charge in [0.1, 0.15) is 0 Å². The number of benzene rings is 2. The van der Waals surface area contributed by atoms with Crippen molar-refractivity contribution in [3.63, 3.8) is 0 Å². The first-order valence-electron chi connectivity index (χ1n) is 9.14. The minimum absolute atomic E-state index is 0.141. The molecule has 0 spiro atoms. The number of nitrogens with zero attached hydrogens (tertiary/aromatic N) is 2. The third kappa shape index (κ3) is 5.70. The Kier molecular flexibility index (Phi) is 8.06. The second kappa shape index (κ2) is 10.5. The van der Waals surface area contributed by atoms with Crippen LogP contribution in [0.25, 0.3) is 5.69 Å². The molecule has 0 fully saturated rings. The number of hydrazone groups is 1. The van der Waals surface area contributed by atoms with E-state index >= 15 is 0 Å². The van der Waals surface area contributed by atoms with Gasteiger partial charge in [0.25, 0.3) is 0 Å². The fraction of sp³-hybridized carbons (Fsp3) is 0.182. The predicted octanol–water partition coefficient (Wildman–Crippen LogP) is 6.55. The van der Waals surface area contributed by atoms with E-state index in [1.165, 1.54) is 11.8 Å². The standard InChI is InChI=1S/C22H20BrCl2N3OS/c1-14-9-17(15(2)28(14)21-8-7-18(24)10-20(21)25)11-26-27-22(29)13-30-12-16-5-3-4-6-19(16)23/h3-11H,12-13H2,1-2H3,(H,27,29)/b26-11+. The Balaban J connectivity index is 1.60. The van der Waals surface area contributed by atoms with Crippen molar-refractivity contribution in [1.82, 2.24) is 9.99 Å². The highest BCUT2D eigenvalue weighted by Gasteiger charge is 2.12. The first kappa shape index (κ1) is 22.9. The zero-order chi connectivity index (χ0) is 21.7. The van der Waals surface area contributed by atoms with E-state index in [9.17, 15) is 4.79 Å². The summed E-state index contributed by atoms with van der Waals surface area (Å²) in [5.74, 6) is 0.942. The SMILES string of the molecule is Cc1cc(/C=N/NC(=O)CSCc2ccccc2Br)c(C)n1-c1ccc(Cl)cc1Cl. The summed E-state index contributed by atoms with van der Waals surface area (Å²) in [4.78, 5) is 12.1. The molecule has 1 aromatic heterocycles. The van der Waals surface area contributed by atoms with Crippen molar-refractivity contribution >= 4 is 63.0 Å². The van der Waals surface area contributed by atoms with Gasteiger partial charge in [-0.25, -0.2) is 5.43 Å². The molecular formula is C22H20BrCl2N3OS. The molecule has 3 aromatic rings. The average molecular weight is 525 g/mol. The second-order valence-corrected chi connectivity index (χ2v) is 9.32. The lowest BCUT2D eigenvalue weighted by atomic mass is 10.2. The lowest BCUT2D eigenvalue weighted by Crippen LogP contribution is -2.19. The highest BCUT2D eigenvalue weighted by Crippen LogP contribution is 2.28. The average Bonchev–Trinajstić information content (AvgIpc) is 2.97. The van der Waals surface area contributed by atoms with Gasteiger partial charge in [0.2, 0.25) is 5.91 Å². The van der Waals surface area contributed by atoms with E-state index in [0.29, 0.717) is 15.8 Å². The summed E-state index contributed by atoms with van der Waals surface area (Å²) in [5.41, 5.74) is 7.48. The summed E-state index contributed by atoms with van der Waals surface area (Å²) in [6, 6.07) is 15.4. The Morgan fingerprint density at radius 2 is 1.97 bits per heavy atom. The van der Waals surface area contributed by atoms with Gasteiger partial charge in [0.15, 0.2) is 0 Å². The number of rotatable bonds is 7. The van der Waals surface area contributed by atoms with E-state index in [-0.39, 0.29) is 5.91 Å². The number of hydrogen-bond acceptors (Lipinski definition) is 3. The van der Waals surface area contributed by atoms with Crippen LogP contribution in [0.4, 0.5) is 0 Å². The summed E-state index contributed by atoms with van der Waals surface area (Å²) in [6.45, 7) is 3.97. The van der Waals surface area contributed by atoms with E-state index in [0.717, 1.165) is 38.4 Å². The molecule has 30 heavy (non-hydrogen) atoms. The maximum Gasteiger partial charge on any atom is 0.250 e. The summed E-state index contributed by atoms with van der Waals surface area (Å²) >= 11 is 17.4. The van der Waals surface area contributed by atoms with Crippen molar-refractivity contribution in [2.45, 2.75) is 19.6 Å². The normalized spacial score (nSPS) is 11.2. The summed E-state index contributed by atoms with van der Waals surface area (Å²) in [7, 11) is 0. The topological polar surface area (TPSA) is 46.4 Å². The van der Waals surface area contributed by atoms with Gasteiger partial charge < -0.3 is 4.57 Å². The Bertz CT molecular complexity index is 1100. The van der Waals surface area contributed by atoms with Gasteiger partial charge in [0, 0.05) is 32.2 Å². The molecule has 2 aromatic carbocycles. The molecule has 0 bridgehead atoms. The van der Waals surface area contributed by atoms with Crippen LogP contribution in [0.2, 0.25) is 10.0 Å². The minimum atomic E-state index is -0.141. The number of amides is 1. The van der Waals surface area contributed by atoms with Crippen LogP contribution in [0.15, 0.2) is 58.1 Å². The zero-order valence-electron chi connectivity index (χ0n) is 16.5. The third-order valence-electron chi connectivity index (χ3n) is 4.46. The van der Waals surface area contributed by atoms with Crippen LogP contribution in [0.5, 0.6) is 0 Å². The predicted molar refractivity (Wildman–Crippen MR) is 131 cm³/mol. The van der Waals surface area contributed by atoms with Gasteiger partial charge in [-0.15, -0.1) is 11.8 Å². The van der Waals surface area contributed by atoms with E-state index < -0.39 is 0 Å². The highest BCUT2D eigenvalue weighted by atomic mass is 79.9. The number of hydrogen-bond donors (Lipinski definition) is 1. The molecule has 3 rings (SSSR count). The van der Waals surface area contributed by atoms with Gasteiger partial charge in [-0.1, -0.05) is 57.3 Å². The molecule has 0 aliphatic heterocycles. The van der Waals surface area contributed by atoms with E-state index in [1.807, 2.05) is 54.8 Å². The van der Waals surface area contributed by atoms with E-state index in [1.54, 1.807) is 18.3 Å². The zero-order valence-corrected chi connectivity index (χ0v) is 20.4. The molecule has 0 unspecified atom stereocenters. The minimum Gasteiger partial charge on any atom is -0.316 e. The van der Waals surface area contributed by atoms with Gasteiger partial charge in [0.05, 0.1) is 22.7 Å². The van der Waals surface area contributed by atoms with Crippen molar-refractivity contribution in [1.29, 1.82) is 0 Å². The van der Waals surface area contributed by atoms with Crippen molar-refractivity contribution in [2.24, 2.45) is 5.10 Å². The number of aromatic nitrogens is 1. The quantitative estimate of drug-likeness (QED) is 0.281. The van der Waals surface area contributed by atoms with Crippen LogP contribution in [0.1, 0.15) is 22.5 Å². The summed E-state index contributed by atoms with van der Waals surface area (Å²) in [5, 5.41) is 5.28. The highest BCUT2D eigenvalue weighted by molar-refractivity contribution is 9.10. The van der Waals surface area contributed by atoms with E-state index in [2.05, 4.69) is 26.5 Å². The largest absolute Gasteiger partial charge is 0.316 e. The second-order valence-electron chi connectivity index (χ2n) is 6.64. The molecular weight excluding hydrogens is 505 g/mol. The van der Waals surface area contributed by atoms with Crippen LogP contribution < -0.4 is 5.43 Å². The Morgan fingerprint density at radius 3 is 2.70 bits per heavy atom. The van der Waals surface area contributed by atoms with Crippen LogP contribution in [0, 0.1) is 13.8 Å². The summed E-state index contributed by atoms with van der Waals surface area (Å²) < 4.78 is 3.09. The molecule has 0 saturated heterocycles. The molecule has 8 heteroatoms. The molecule has 156 valence electrons. The van der Waals surface area contributed by atoms with Crippen molar-refractivity contribution in [2.75, 3.05) is 5.75 Å². The van der Waals surface area contributed by atoms with Gasteiger partial charge in [-0.3, -0.25) is 4.79 Å². The van der Waals surface area contributed by atoms with Gasteiger partial charge in [-0.2, -0.15) is 5.10 Å². The molecule has 1 N–H and O–H groups in total. The lowest BCUT2D eigenvalue weighted by Gasteiger charge is -2.11. The Morgan fingerprint density at radius 1 is 1.20 bits per heavy atom. The molecule has 0 radical (unpaired) electrons. The Labute approximate surface area is 198 Å². The first-order chi connectivity index (χ1) is 14.4. The number of aryl methyl sites for hydroxylation is 1. The van der Waals surface area contributed by atoms with Crippen molar-refractivity contribution < 1.29 is 4.79 Å². The molecule has 0 aliphatic carbocycles. The number of thioether (sulfide) groups is 1. The fourth-order valence-electron chi connectivity index (χ4n) is 3.03. The number of nitrogens with one attached hydrogen (secondary N) is 1. The van der Waals surface area contributed by atoms with Crippen LogP contribution in [0.3, 0.4) is 0 Å². The van der Waals surface area contributed by atoms with Crippen LogP contribution >= 0.6 is 50.9 Å². The molecule has 1 amide bonds. The molecule has 1 heterocycles. The smallest absolute Gasteiger partial charge is 0.250 e. The lowest BCUT2D eigenvalue weighted by molar-refractivity contribution is -0.118. The number of halogens is 3. The van der Waals surface area contributed by atoms with Crippen LogP contribution in [-0.2, 0) is 10.5 Å². The monoisotopic (exact) mass is 523 g/mol. The maximum absolute atomic E-state index is 12.1. The van der Waals surface area contributed by atoms with E-state index in [4.69, 9.17) is 23.2 Å². The van der Waals surface area contributed by atoms with Crippen molar-refractivity contribution in [3.8, 4) is 5.69 Å². The number of carbonyl (C=O) groups excluding carboxylic acids is 1. The molecule has 0 atom stereocenters. The molecule has 0 saturated carbocycles. The molecule has 0 aliphatic rings. The summed E-state index contributed by atoms with van der Waals surface area (Å²) in [6.07, 6.45) is 1.65. The molecule has 4 nitrogen and oxygen atoms in total. The van der Waals surface area contributed by atoms with Crippen molar-refractivity contribution in [3.05, 3.63) is 85.6 Å².